The van der Waals surface area contributed by atoms with Gasteiger partial charge in [0, 0.05) is 22.6 Å². The van der Waals surface area contributed by atoms with E-state index in [4.69, 9.17) is 16.3 Å². The molecule has 0 saturated heterocycles. The van der Waals surface area contributed by atoms with E-state index in [0.717, 1.165) is 36.6 Å². The number of benzene rings is 2. The second kappa shape index (κ2) is 9.57. The van der Waals surface area contributed by atoms with E-state index in [2.05, 4.69) is 5.32 Å². The zero-order valence-electron chi connectivity index (χ0n) is 20.4. The molecule has 2 aromatic carbocycles. The Morgan fingerprint density at radius 2 is 1.77 bits per heavy atom. The van der Waals surface area contributed by atoms with Gasteiger partial charge in [0.25, 0.3) is 5.91 Å². The molecule has 0 unspecified atom stereocenters. The Balaban J connectivity index is 1.58. The van der Waals surface area contributed by atoms with Crippen LogP contribution in [-0.2, 0) is 11.3 Å². The first-order valence-electron chi connectivity index (χ1n) is 12.5. The first kappa shape index (κ1) is 23.7. The van der Waals surface area contributed by atoms with E-state index in [9.17, 15) is 9.59 Å². The number of nitrogens with zero attached hydrogens (tertiary/aromatic N) is 2. The van der Waals surface area contributed by atoms with Gasteiger partial charge in [-0.25, -0.2) is 0 Å². The Bertz CT molecular complexity index is 1260. The Morgan fingerprint density at radius 3 is 2.49 bits per heavy atom. The summed E-state index contributed by atoms with van der Waals surface area (Å²) in [5.74, 6) is 0.172. The van der Waals surface area contributed by atoms with Crippen molar-refractivity contribution in [3.63, 3.8) is 0 Å². The molecule has 1 aromatic heterocycles. The number of anilines is 1. The van der Waals surface area contributed by atoms with Crippen LogP contribution >= 0.6 is 11.6 Å². The van der Waals surface area contributed by atoms with Crippen molar-refractivity contribution in [3.05, 3.63) is 59.2 Å². The number of amides is 2. The molecule has 1 atom stereocenters. The highest BCUT2D eigenvalue weighted by molar-refractivity contribution is 6.32. The first-order chi connectivity index (χ1) is 16.9. The summed E-state index contributed by atoms with van der Waals surface area (Å²) >= 11 is 6.45. The number of carbonyl (C=O) groups excluding carboxylic acids is 2. The molecule has 7 heteroatoms. The summed E-state index contributed by atoms with van der Waals surface area (Å²) in [5.41, 5.74) is 0.960. The summed E-state index contributed by atoms with van der Waals surface area (Å²) in [6.45, 7) is 2.21. The lowest BCUT2D eigenvalue weighted by Gasteiger charge is -2.44. The topological polar surface area (TPSA) is 63.6 Å². The molecule has 2 aliphatic rings. The molecule has 1 fully saturated rings. The predicted molar refractivity (Wildman–Crippen MR) is 139 cm³/mol. The molecule has 6 nitrogen and oxygen atoms in total. The highest BCUT2D eigenvalue weighted by Gasteiger charge is 2.49. The first-order valence-corrected chi connectivity index (χ1v) is 12.9. The fourth-order valence-corrected chi connectivity index (χ4v) is 5.84. The average Bonchev–Trinajstić information content (AvgIpc) is 3.19. The van der Waals surface area contributed by atoms with Gasteiger partial charge in [0.1, 0.15) is 17.0 Å². The predicted octanol–water partition coefficient (Wildman–Crippen LogP) is 5.95. The molecule has 5 rings (SSSR count). The van der Waals surface area contributed by atoms with Gasteiger partial charge in [-0.05, 0) is 50.1 Å². The third-order valence-corrected chi connectivity index (χ3v) is 7.81. The van der Waals surface area contributed by atoms with E-state index in [1.54, 1.807) is 30.2 Å². The number of hydrogen-bond donors (Lipinski definition) is 1. The molecule has 35 heavy (non-hydrogen) atoms. The lowest BCUT2D eigenvalue weighted by Crippen LogP contribution is -2.65. The smallest absolute Gasteiger partial charge is 0.275 e. The maximum absolute atomic E-state index is 14.0. The summed E-state index contributed by atoms with van der Waals surface area (Å²) in [7, 11) is 1.55. The van der Waals surface area contributed by atoms with Gasteiger partial charge in [-0.15, -0.1) is 0 Å². The van der Waals surface area contributed by atoms with Gasteiger partial charge >= 0.3 is 0 Å². The van der Waals surface area contributed by atoms with E-state index >= 15 is 0 Å². The van der Waals surface area contributed by atoms with Crippen molar-refractivity contribution in [1.29, 1.82) is 0 Å². The van der Waals surface area contributed by atoms with Crippen LogP contribution in [0.3, 0.4) is 0 Å². The molecule has 3 aromatic rings. The van der Waals surface area contributed by atoms with E-state index in [1.165, 1.54) is 19.3 Å². The molecule has 1 N–H and O–H groups in total. The minimum atomic E-state index is -1.13. The number of fused-ring (bicyclic) bond motifs is 3. The fourth-order valence-electron chi connectivity index (χ4n) is 5.59. The molecular weight excluding hydrogens is 462 g/mol. The molecule has 0 spiro atoms. The van der Waals surface area contributed by atoms with Crippen molar-refractivity contribution >= 4 is 40.0 Å². The molecular formula is C28H32ClN3O3. The van der Waals surface area contributed by atoms with Crippen LogP contribution in [0.4, 0.5) is 5.69 Å². The summed E-state index contributed by atoms with van der Waals surface area (Å²) in [6, 6.07) is 15.2. The van der Waals surface area contributed by atoms with Crippen LogP contribution in [0.25, 0.3) is 10.9 Å². The van der Waals surface area contributed by atoms with Crippen LogP contribution in [-0.4, -0.2) is 35.1 Å². The van der Waals surface area contributed by atoms with Crippen LogP contribution in [0.2, 0.25) is 5.02 Å². The largest absolute Gasteiger partial charge is 0.495 e. The number of aromatic nitrogens is 1. The maximum Gasteiger partial charge on any atom is 0.275 e. The molecule has 0 bridgehead atoms. The van der Waals surface area contributed by atoms with Crippen molar-refractivity contribution < 1.29 is 14.3 Å². The minimum absolute atomic E-state index is 0.124. The molecule has 2 amide bonds. The second-order valence-corrected chi connectivity index (χ2v) is 10.3. The Labute approximate surface area is 211 Å². The number of halogens is 1. The Kier molecular flexibility index (Phi) is 6.49. The highest BCUT2D eigenvalue weighted by Crippen LogP contribution is 2.38. The van der Waals surface area contributed by atoms with Gasteiger partial charge in [-0.1, -0.05) is 61.9 Å². The zero-order chi connectivity index (χ0) is 24.6. The molecule has 1 aliphatic carbocycles. The van der Waals surface area contributed by atoms with Gasteiger partial charge < -0.3 is 14.6 Å². The van der Waals surface area contributed by atoms with E-state index in [1.807, 2.05) is 41.8 Å². The zero-order valence-corrected chi connectivity index (χ0v) is 21.1. The number of methoxy groups -OCH3 is 1. The highest BCUT2D eigenvalue weighted by atomic mass is 35.5. The van der Waals surface area contributed by atoms with Gasteiger partial charge in [0.15, 0.2) is 0 Å². The monoisotopic (exact) mass is 493 g/mol. The van der Waals surface area contributed by atoms with Crippen LogP contribution in [0.5, 0.6) is 5.75 Å². The third-order valence-electron chi connectivity index (χ3n) is 7.52. The van der Waals surface area contributed by atoms with Crippen molar-refractivity contribution in [1.82, 2.24) is 9.88 Å². The van der Waals surface area contributed by atoms with Gasteiger partial charge in [-0.3, -0.25) is 14.5 Å². The quantitative estimate of drug-likeness (QED) is 0.488. The summed E-state index contributed by atoms with van der Waals surface area (Å²) < 4.78 is 7.30. The van der Waals surface area contributed by atoms with Crippen molar-refractivity contribution in [3.8, 4) is 5.75 Å². The Morgan fingerprint density at radius 1 is 1.06 bits per heavy atom. The second-order valence-electron chi connectivity index (χ2n) is 9.92. The molecule has 184 valence electrons. The maximum atomic E-state index is 14.0. The number of hydrogen-bond acceptors (Lipinski definition) is 3. The number of para-hydroxylation sites is 1. The molecule has 1 aliphatic heterocycles. The normalized spacial score (nSPS) is 21.3. The van der Waals surface area contributed by atoms with Crippen LogP contribution in [0, 0.1) is 0 Å². The molecule has 1 saturated carbocycles. The lowest BCUT2D eigenvalue weighted by atomic mass is 9.91. The van der Waals surface area contributed by atoms with E-state index < -0.39 is 5.54 Å². The Hall–Kier alpha value is -2.99. The average molecular weight is 494 g/mol. The molecule has 2 heterocycles. The van der Waals surface area contributed by atoms with Crippen LogP contribution in [0.1, 0.15) is 62.4 Å². The standard InChI is InChI=1S/C28H32ClN3O3/c1-28(27(34)30-20-11-6-4-3-5-7-12-20)18-31-23-13-9-8-10-19(23)16-24(31)26(33)32(28)21-14-15-25(35-2)22(29)17-21/h8-10,13-17,20H,3-7,11-12,18H2,1-2H3,(H,30,34)/t28-/m0/s1. The van der Waals surface area contributed by atoms with Gasteiger partial charge in [0.05, 0.1) is 18.7 Å². The number of carbonyl (C=O) groups is 2. The number of ether oxygens (including phenoxy) is 1. The van der Waals surface area contributed by atoms with Gasteiger partial charge in [-0.2, -0.15) is 0 Å². The van der Waals surface area contributed by atoms with E-state index in [0.29, 0.717) is 28.7 Å². The van der Waals surface area contributed by atoms with Crippen LogP contribution in [0.15, 0.2) is 48.5 Å². The van der Waals surface area contributed by atoms with Crippen molar-refractivity contribution in [2.75, 3.05) is 12.0 Å². The van der Waals surface area contributed by atoms with Crippen LogP contribution < -0.4 is 15.0 Å². The summed E-state index contributed by atoms with van der Waals surface area (Å²) in [6.07, 6.45) is 7.86. The summed E-state index contributed by atoms with van der Waals surface area (Å²) in [4.78, 5) is 29.6. The van der Waals surface area contributed by atoms with Gasteiger partial charge in [0.2, 0.25) is 5.91 Å². The van der Waals surface area contributed by atoms with Crippen molar-refractivity contribution in [2.24, 2.45) is 0 Å². The minimum Gasteiger partial charge on any atom is -0.495 e. The number of rotatable bonds is 4. The number of nitrogens with one attached hydrogen (secondary N) is 1. The SMILES string of the molecule is COc1ccc(N2C(=O)c3cc4ccccc4n3C[C@@]2(C)C(=O)NC2CCCCCCC2)cc1Cl. The lowest BCUT2D eigenvalue weighted by molar-refractivity contribution is -0.127. The fraction of sp³-hybridized carbons (Fsp3) is 0.429. The molecule has 0 radical (unpaired) electrons. The van der Waals surface area contributed by atoms with Crippen molar-refractivity contribution in [2.45, 2.75) is 70.0 Å². The van der Waals surface area contributed by atoms with E-state index in [-0.39, 0.29) is 17.9 Å². The summed E-state index contributed by atoms with van der Waals surface area (Å²) in [5, 5.41) is 4.70. The third kappa shape index (κ3) is 4.29.